The zero-order valence-electron chi connectivity index (χ0n) is 22.7. The van der Waals surface area contributed by atoms with Gasteiger partial charge in [-0.05, 0) is 55.2 Å². The van der Waals surface area contributed by atoms with Crippen LogP contribution in [-0.2, 0) is 30.8 Å². The van der Waals surface area contributed by atoms with Crippen LogP contribution in [0.15, 0.2) is 77.7 Å². The highest BCUT2D eigenvalue weighted by molar-refractivity contribution is 8.00. The molecule has 0 fully saturated rings. The maximum absolute atomic E-state index is 12.8. The number of carbonyl (C=O) groups is 2. The van der Waals surface area contributed by atoms with Gasteiger partial charge in [0.25, 0.3) is 10.0 Å². The molecule has 2 N–H and O–H groups in total. The van der Waals surface area contributed by atoms with Crippen molar-refractivity contribution < 1.29 is 32.2 Å². The van der Waals surface area contributed by atoms with E-state index < -0.39 is 15.3 Å². The summed E-state index contributed by atoms with van der Waals surface area (Å²) in [6.07, 6.45) is 1.33. The Hall–Kier alpha value is -3.70. The summed E-state index contributed by atoms with van der Waals surface area (Å²) >= 11 is 1.23. The number of rotatable bonds is 15. The largest absolute Gasteiger partial charge is 0.493 e. The predicted molar refractivity (Wildman–Crippen MR) is 156 cm³/mol. The van der Waals surface area contributed by atoms with Crippen LogP contribution in [0, 0.1) is 0 Å². The fraction of sp³-hybridized carbons (Fsp3) is 0.310. The van der Waals surface area contributed by atoms with Crippen LogP contribution in [0.5, 0.6) is 11.5 Å². The first-order valence-corrected chi connectivity index (χ1v) is 15.2. The van der Waals surface area contributed by atoms with Gasteiger partial charge in [0.05, 0.1) is 37.2 Å². The van der Waals surface area contributed by atoms with Crippen molar-refractivity contribution in [3.8, 4) is 11.5 Å². The minimum absolute atomic E-state index is 0.123. The lowest BCUT2D eigenvalue weighted by Gasteiger charge is -2.15. The Kier molecular flexibility index (Phi) is 11.7. The summed E-state index contributed by atoms with van der Waals surface area (Å²) < 4.78 is 43.8. The van der Waals surface area contributed by atoms with E-state index in [1.54, 1.807) is 49.4 Å². The molecule has 0 aliphatic carbocycles. The normalized spacial score (nSPS) is 11.8. The summed E-state index contributed by atoms with van der Waals surface area (Å²) in [7, 11) is -0.808. The zero-order valence-corrected chi connectivity index (χ0v) is 24.3. The highest BCUT2D eigenvalue weighted by Crippen LogP contribution is 2.31. The van der Waals surface area contributed by atoms with Gasteiger partial charge in [0.2, 0.25) is 5.91 Å². The van der Waals surface area contributed by atoms with Gasteiger partial charge in [-0.3, -0.25) is 14.3 Å². The number of hydrogen-bond acceptors (Lipinski definition) is 8. The number of benzene rings is 3. The first-order valence-electron chi connectivity index (χ1n) is 12.7. The molecule has 1 amide bonds. The third-order valence-corrected chi connectivity index (χ3v) is 8.44. The number of nitrogens with one attached hydrogen (secondary N) is 2. The van der Waals surface area contributed by atoms with Crippen molar-refractivity contribution in [3.05, 3.63) is 83.9 Å². The van der Waals surface area contributed by atoms with Crippen LogP contribution in [0.3, 0.4) is 0 Å². The topological polar surface area (TPSA) is 120 Å². The molecule has 0 saturated heterocycles. The molecule has 0 aliphatic rings. The average Bonchev–Trinajstić information content (AvgIpc) is 2.96. The van der Waals surface area contributed by atoms with E-state index in [2.05, 4.69) is 10.0 Å². The van der Waals surface area contributed by atoms with Crippen LogP contribution in [0.4, 0.5) is 5.69 Å². The molecule has 0 heterocycles. The Morgan fingerprint density at radius 1 is 0.925 bits per heavy atom. The van der Waals surface area contributed by atoms with Gasteiger partial charge in [-0.2, -0.15) is 0 Å². The number of methoxy groups -OCH3 is 2. The number of sulfonamides is 1. The average molecular weight is 587 g/mol. The van der Waals surface area contributed by atoms with Gasteiger partial charge in [-0.15, -0.1) is 11.8 Å². The molecular weight excluding hydrogens is 552 g/mol. The molecule has 3 rings (SSSR count). The Morgan fingerprint density at radius 3 is 2.27 bits per heavy atom. The molecular formula is C29H34N2O7S2. The summed E-state index contributed by atoms with van der Waals surface area (Å²) in [5, 5.41) is 2.31. The van der Waals surface area contributed by atoms with Gasteiger partial charge in [0.15, 0.2) is 11.5 Å². The lowest BCUT2D eigenvalue weighted by atomic mass is 10.1. The van der Waals surface area contributed by atoms with Crippen LogP contribution >= 0.6 is 11.8 Å². The van der Waals surface area contributed by atoms with E-state index in [9.17, 15) is 18.0 Å². The lowest BCUT2D eigenvalue weighted by molar-refractivity contribution is -0.142. The van der Waals surface area contributed by atoms with E-state index >= 15 is 0 Å². The van der Waals surface area contributed by atoms with Gasteiger partial charge in [0, 0.05) is 12.6 Å². The molecule has 0 saturated carbocycles. The van der Waals surface area contributed by atoms with Crippen LogP contribution in [0.2, 0.25) is 0 Å². The first-order chi connectivity index (χ1) is 19.3. The van der Waals surface area contributed by atoms with E-state index in [1.807, 2.05) is 30.3 Å². The number of esters is 1. The molecule has 3 aromatic rings. The van der Waals surface area contributed by atoms with Gasteiger partial charge in [0.1, 0.15) is 5.25 Å². The first kappa shape index (κ1) is 30.8. The summed E-state index contributed by atoms with van der Waals surface area (Å²) in [6, 6.07) is 20.6. The zero-order chi connectivity index (χ0) is 29.0. The van der Waals surface area contributed by atoms with Gasteiger partial charge in [-0.25, -0.2) is 8.42 Å². The number of anilines is 1. The summed E-state index contributed by atoms with van der Waals surface area (Å²) in [5.41, 5.74) is 2.09. The third-order valence-electron chi connectivity index (χ3n) is 5.82. The van der Waals surface area contributed by atoms with Gasteiger partial charge in [-0.1, -0.05) is 42.5 Å². The second-order valence-electron chi connectivity index (χ2n) is 8.63. The molecule has 11 heteroatoms. The lowest BCUT2D eigenvalue weighted by Crippen LogP contribution is -2.27. The van der Waals surface area contributed by atoms with Gasteiger partial charge < -0.3 is 19.5 Å². The molecule has 0 spiro atoms. The maximum atomic E-state index is 12.8. The number of ether oxygens (including phenoxy) is 3. The van der Waals surface area contributed by atoms with Crippen molar-refractivity contribution in [2.75, 3.05) is 37.8 Å². The standard InChI is InChI=1S/C29H34N2O7S2/c1-4-38-29(33)28(22-10-6-5-7-11-22)39-20-27(32)30-18-8-9-21-12-15-24(16-13-21)40(34,35)31-23-14-17-25(36-2)26(19-23)37-3/h5-7,10-17,19,28,31H,4,8-9,18,20H2,1-3H3,(H,30,32). The molecule has 3 aromatic carbocycles. The monoisotopic (exact) mass is 586 g/mol. The highest BCUT2D eigenvalue weighted by Gasteiger charge is 2.23. The van der Waals surface area contributed by atoms with Crippen LogP contribution in [0.25, 0.3) is 0 Å². The van der Waals surface area contributed by atoms with Crippen molar-refractivity contribution in [2.45, 2.75) is 29.9 Å². The number of thioether (sulfide) groups is 1. The Labute approximate surface area is 239 Å². The summed E-state index contributed by atoms with van der Waals surface area (Å²) in [4.78, 5) is 24.9. The van der Waals surface area contributed by atoms with Gasteiger partial charge >= 0.3 is 5.97 Å². The molecule has 1 unspecified atom stereocenters. The SMILES string of the molecule is CCOC(=O)C(SCC(=O)NCCCc1ccc(S(=O)(=O)Nc2ccc(OC)c(OC)c2)cc1)c1ccccc1. The Morgan fingerprint density at radius 2 is 1.62 bits per heavy atom. The number of hydrogen-bond donors (Lipinski definition) is 2. The van der Waals surface area contributed by atoms with Crippen molar-refractivity contribution in [1.29, 1.82) is 0 Å². The second-order valence-corrected chi connectivity index (χ2v) is 11.4. The molecule has 40 heavy (non-hydrogen) atoms. The highest BCUT2D eigenvalue weighted by atomic mass is 32.2. The third kappa shape index (κ3) is 8.92. The van der Waals surface area contributed by atoms with E-state index in [1.165, 1.54) is 26.0 Å². The molecule has 0 aromatic heterocycles. The minimum atomic E-state index is -3.79. The summed E-state index contributed by atoms with van der Waals surface area (Å²) in [5.74, 6) is 0.503. The molecule has 0 radical (unpaired) electrons. The minimum Gasteiger partial charge on any atom is -0.493 e. The van der Waals surface area contributed by atoms with E-state index in [0.29, 0.717) is 36.6 Å². The smallest absolute Gasteiger partial charge is 0.323 e. The van der Waals surface area contributed by atoms with Crippen molar-refractivity contribution in [3.63, 3.8) is 0 Å². The van der Waals surface area contributed by atoms with E-state index in [4.69, 9.17) is 14.2 Å². The van der Waals surface area contributed by atoms with Crippen LogP contribution in [0.1, 0.15) is 29.7 Å². The maximum Gasteiger partial charge on any atom is 0.323 e. The van der Waals surface area contributed by atoms with Crippen LogP contribution in [-0.4, -0.2) is 53.4 Å². The van der Waals surface area contributed by atoms with Crippen LogP contribution < -0.4 is 19.5 Å². The number of carbonyl (C=O) groups excluding carboxylic acids is 2. The predicted octanol–water partition coefficient (Wildman–Crippen LogP) is 4.59. The van der Waals surface area contributed by atoms with Crippen molar-refractivity contribution in [1.82, 2.24) is 5.32 Å². The molecule has 0 aliphatic heterocycles. The summed E-state index contributed by atoms with van der Waals surface area (Å²) in [6.45, 7) is 2.48. The molecule has 214 valence electrons. The number of amides is 1. The number of aryl methyl sites for hydroxylation is 1. The molecule has 9 nitrogen and oxygen atoms in total. The second kappa shape index (κ2) is 15.2. The quantitative estimate of drug-likeness (QED) is 0.196. The van der Waals surface area contributed by atoms with Crippen molar-refractivity contribution >= 4 is 39.3 Å². The fourth-order valence-electron chi connectivity index (χ4n) is 3.83. The van der Waals surface area contributed by atoms with E-state index in [-0.39, 0.29) is 29.1 Å². The Balaban J connectivity index is 1.46. The molecule has 0 bridgehead atoms. The van der Waals surface area contributed by atoms with Crippen molar-refractivity contribution in [2.24, 2.45) is 0 Å². The fourth-order valence-corrected chi connectivity index (χ4v) is 5.85. The Bertz CT molecular complexity index is 1360. The van der Waals surface area contributed by atoms with E-state index in [0.717, 1.165) is 11.1 Å². The molecule has 1 atom stereocenters.